The summed E-state index contributed by atoms with van der Waals surface area (Å²) >= 11 is 0. The lowest BCUT2D eigenvalue weighted by atomic mass is 10.3. The van der Waals surface area contributed by atoms with Crippen LogP contribution in [-0.4, -0.2) is 11.0 Å². The Kier molecular flexibility index (Phi) is 9.85. The molecule has 6 N–H and O–H groups in total. The number of nitrogens with zero attached hydrogens (tertiary/aromatic N) is 3. The zero-order valence-electron chi connectivity index (χ0n) is 17.6. The Balaban J connectivity index is 0.000000227. The van der Waals surface area contributed by atoms with Gasteiger partial charge in [-0.25, -0.2) is 9.78 Å². The first kappa shape index (κ1) is 24.8. The minimum Gasteiger partial charge on any atom is -0.384 e. The van der Waals surface area contributed by atoms with E-state index in [-0.39, 0.29) is 24.3 Å². The number of nitrogens with one attached hydrogen (secondary N) is 2. The maximum absolute atomic E-state index is 11.6. The number of carbonyl (C=O) groups excluding carboxylic acids is 1. The van der Waals surface area contributed by atoms with Crippen LogP contribution in [0.5, 0.6) is 0 Å². The van der Waals surface area contributed by atoms with E-state index in [1.54, 1.807) is 12.1 Å². The Labute approximate surface area is 198 Å². The summed E-state index contributed by atoms with van der Waals surface area (Å²) in [5.74, 6) is 0.649. The standard InChI is InChI=1S/C13H12N2O.C11H11N5.ClH/c16-13(14-11-7-3-1-4-8-11)15-12-9-5-2-6-10-12;12-10-7-6-9(11(13)14-10)16-15-8-4-2-1-3-5-8;/h1-10H,(H2,14,15,16);1-7H,(H4,12,13,14);1H. The van der Waals surface area contributed by atoms with Crippen LogP contribution >= 0.6 is 12.4 Å². The van der Waals surface area contributed by atoms with E-state index < -0.39 is 0 Å². The van der Waals surface area contributed by atoms with Gasteiger partial charge in [0.1, 0.15) is 11.5 Å². The fourth-order valence-corrected chi connectivity index (χ4v) is 2.51. The van der Waals surface area contributed by atoms with Crippen molar-refractivity contribution in [2.75, 3.05) is 22.1 Å². The second-order valence-electron chi connectivity index (χ2n) is 6.49. The van der Waals surface area contributed by atoms with Crippen molar-refractivity contribution in [1.29, 1.82) is 0 Å². The highest BCUT2D eigenvalue weighted by Gasteiger charge is 2.01. The number of para-hydroxylation sites is 2. The summed E-state index contributed by atoms with van der Waals surface area (Å²) in [5, 5.41) is 13.5. The number of hydrogen-bond acceptors (Lipinski definition) is 6. The number of azo groups is 1. The molecule has 3 aromatic carbocycles. The molecule has 4 rings (SSSR count). The van der Waals surface area contributed by atoms with Crippen molar-refractivity contribution >= 4 is 52.8 Å². The molecule has 0 aliphatic rings. The maximum atomic E-state index is 11.6. The number of rotatable bonds is 4. The number of amides is 2. The van der Waals surface area contributed by atoms with Gasteiger partial charge in [0.25, 0.3) is 0 Å². The molecule has 0 saturated heterocycles. The molecule has 0 radical (unpaired) electrons. The molecule has 0 atom stereocenters. The minimum atomic E-state index is -0.239. The van der Waals surface area contributed by atoms with E-state index in [0.717, 1.165) is 17.1 Å². The summed E-state index contributed by atoms with van der Waals surface area (Å²) in [6.07, 6.45) is 0. The van der Waals surface area contributed by atoms with Gasteiger partial charge in [-0.3, -0.25) is 0 Å². The average Bonchev–Trinajstić information content (AvgIpc) is 2.81. The smallest absolute Gasteiger partial charge is 0.323 e. The zero-order valence-corrected chi connectivity index (χ0v) is 18.4. The highest BCUT2D eigenvalue weighted by Crippen LogP contribution is 2.23. The number of hydrogen-bond donors (Lipinski definition) is 4. The monoisotopic (exact) mass is 461 g/mol. The molecule has 0 aliphatic heterocycles. The lowest BCUT2D eigenvalue weighted by Gasteiger charge is -2.06. The Morgan fingerprint density at radius 3 is 1.64 bits per heavy atom. The quantitative estimate of drug-likeness (QED) is 0.261. The number of anilines is 4. The molecule has 0 unspecified atom stereocenters. The number of halogens is 1. The number of carbonyl (C=O) groups is 1. The Hall–Kier alpha value is -4.43. The van der Waals surface area contributed by atoms with Crippen molar-refractivity contribution in [1.82, 2.24) is 4.98 Å². The normalized spacial score (nSPS) is 9.82. The first-order chi connectivity index (χ1) is 15.6. The van der Waals surface area contributed by atoms with Crippen molar-refractivity contribution in [3.63, 3.8) is 0 Å². The molecule has 4 aromatic rings. The van der Waals surface area contributed by atoms with Gasteiger partial charge in [0.2, 0.25) is 0 Å². The van der Waals surface area contributed by atoms with Crippen LogP contribution in [-0.2, 0) is 0 Å². The molecule has 0 saturated carbocycles. The van der Waals surface area contributed by atoms with E-state index in [4.69, 9.17) is 11.5 Å². The van der Waals surface area contributed by atoms with E-state index in [1.807, 2.05) is 91.0 Å². The van der Waals surface area contributed by atoms with Gasteiger partial charge in [0.05, 0.1) is 5.69 Å². The van der Waals surface area contributed by atoms with Crippen molar-refractivity contribution in [2.45, 2.75) is 0 Å². The molecule has 0 fully saturated rings. The molecular weight excluding hydrogens is 438 g/mol. The summed E-state index contributed by atoms with van der Waals surface area (Å²) < 4.78 is 0. The minimum absolute atomic E-state index is 0. The lowest BCUT2D eigenvalue weighted by molar-refractivity contribution is 0.262. The van der Waals surface area contributed by atoms with Crippen LogP contribution < -0.4 is 22.1 Å². The van der Waals surface area contributed by atoms with Gasteiger partial charge >= 0.3 is 6.03 Å². The molecule has 2 amide bonds. The van der Waals surface area contributed by atoms with Gasteiger partial charge in [-0.05, 0) is 48.5 Å². The Morgan fingerprint density at radius 2 is 1.15 bits per heavy atom. The van der Waals surface area contributed by atoms with Crippen LogP contribution in [0.2, 0.25) is 0 Å². The third-order valence-electron chi connectivity index (χ3n) is 4.02. The van der Waals surface area contributed by atoms with Crippen LogP contribution in [0, 0.1) is 0 Å². The number of nitrogens with two attached hydrogens (primary N) is 2. The van der Waals surface area contributed by atoms with Gasteiger partial charge in [0.15, 0.2) is 5.82 Å². The zero-order chi connectivity index (χ0) is 22.6. The van der Waals surface area contributed by atoms with Crippen LogP contribution in [0.1, 0.15) is 0 Å². The van der Waals surface area contributed by atoms with E-state index in [0.29, 0.717) is 11.5 Å². The second-order valence-corrected chi connectivity index (χ2v) is 6.49. The summed E-state index contributed by atoms with van der Waals surface area (Å²) in [4.78, 5) is 15.4. The van der Waals surface area contributed by atoms with Gasteiger partial charge in [-0.1, -0.05) is 54.6 Å². The van der Waals surface area contributed by atoms with E-state index >= 15 is 0 Å². The average molecular weight is 462 g/mol. The largest absolute Gasteiger partial charge is 0.384 e. The third-order valence-corrected chi connectivity index (χ3v) is 4.02. The van der Waals surface area contributed by atoms with Crippen molar-refractivity contribution in [2.24, 2.45) is 10.2 Å². The van der Waals surface area contributed by atoms with Crippen LogP contribution in [0.4, 0.5) is 39.2 Å². The van der Waals surface area contributed by atoms with Gasteiger partial charge in [-0.15, -0.1) is 17.5 Å². The number of benzene rings is 3. The fraction of sp³-hybridized carbons (Fsp3) is 0. The van der Waals surface area contributed by atoms with Crippen LogP contribution in [0.15, 0.2) is 113 Å². The second kappa shape index (κ2) is 13.1. The van der Waals surface area contributed by atoms with E-state index in [2.05, 4.69) is 25.8 Å². The molecule has 0 bridgehead atoms. The number of nitrogen functional groups attached to an aromatic ring is 2. The first-order valence-corrected chi connectivity index (χ1v) is 9.77. The molecular formula is C24H24ClN7O. The summed E-state index contributed by atoms with van der Waals surface area (Å²) in [7, 11) is 0. The van der Waals surface area contributed by atoms with E-state index in [1.165, 1.54) is 0 Å². The highest BCUT2D eigenvalue weighted by molar-refractivity contribution is 5.99. The van der Waals surface area contributed by atoms with Gasteiger partial charge in [0, 0.05) is 11.4 Å². The molecule has 0 spiro atoms. The fourth-order valence-electron chi connectivity index (χ4n) is 2.51. The Bertz CT molecular complexity index is 1110. The van der Waals surface area contributed by atoms with E-state index in [9.17, 15) is 4.79 Å². The predicted octanol–water partition coefficient (Wildman–Crippen LogP) is 6.41. The summed E-state index contributed by atoms with van der Waals surface area (Å²) in [5.41, 5.74) is 13.9. The number of pyridine rings is 1. The van der Waals surface area contributed by atoms with Crippen molar-refractivity contribution in [3.05, 3.63) is 103 Å². The SMILES string of the molecule is Cl.Nc1ccc(N=Nc2ccccc2)c(N)n1.O=C(Nc1ccccc1)Nc1ccccc1. The molecule has 33 heavy (non-hydrogen) atoms. The summed E-state index contributed by atoms with van der Waals surface area (Å²) in [6, 6.07) is 31.1. The van der Waals surface area contributed by atoms with Crippen LogP contribution in [0.3, 0.4) is 0 Å². The number of aromatic nitrogens is 1. The molecule has 168 valence electrons. The first-order valence-electron chi connectivity index (χ1n) is 9.77. The molecule has 0 aliphatic carbocycles. The molecule has 1 heterocycles. The molecule has 1 aromatic heterocycles. The van der Waals surface area contributed by atoms with Crippen molar-refractivity contribution < 1.29 is 4.79 Å². The number of urea groups is 1. The van der Waals surface area contributed by atoms with Gasteiger partial charge in [-0.2, -0.15) is 5.11 Å². The lowest BCUT2D eigenvalue weighted by Crippen LogP contribution is -2.19. The predicted molar refractivity (Wildman–Crippen MR) is 136 cm³/mol. The van der Waals surface area contributed by atoms with Gasteiger partial charge < -0.3 is 22.1 Å². The molecule has 8 nitrogen and oxygen atoms in total. The Morgan fingerprint density at radius 1 is 0.667 bits per heavy atom. The topological polar surface area (TPSA) is 131 Å². The molecule has 9 heteroatoms. The third kappa shape index (κ3) is 8.68. The van der Waals surface area contributed by atoms with Crippen LogP contribution in [0.25, 0.3) is 0 Å². The maximum Gasteiger partial charge on any atom is 0.323 e. The summed E-state index contributed by atoms with van der Waals surface area (Å²) in [6.45, 7) is 0. The van der Waals surface area contributed by atoms with Crippen molar-refractivity contribution in [3.8, 4) is 0 Å². The highest BCUT2D eigenvalue weighted by atomic mass is 35.5.